The highest BCUT2D eigenvalue weighted by atomic mass is 16.3. The third kappa shape index (κ3) is 2.18. The molecule has 1 aromatic heterocycles. The van der Waals surface area contributed by atoms with Crippen LogP contribution in [0.4, 0.5) is 0 Å². The first-order chi connectivity index (χ1) is 6.34. The van der Waals surface area contributed by atoms with Gasteiger partial charge in [0.2, 0.25) is 0 Å². The Morgan fingerprint density at radius 2 is 2.54 bits per heavy atom. The standard InChI is InChI=1S/C10H14N2O/c1-9-2-4-12(5-3-9)6-10-7-13-8-11-10/h2,7-8H,3-6H2,1H3. The monoisotopic (exact) mass is 178 g/mol. The van der Waals surface area contributed by atoms with Crippen LogP contribution in [-0.2, 0) is 6.54 Å². The molecule has 1 aliphatic rings. The lowest BCUT2D eigenvalue weighted by atomic mass is 10.1. The fourth-order valence-corrected chi connectivity index (χ4v) is 1.50. The molecule has 0 atom stereocenters. The number of hydrogen-bond acceptors (Lipinski definition) is 3. The summed E-state index contributed by atoms with van der Waals surface area (Å²) in [6.07, 6.45) is 6.66. The van der Waals surface area contributed by atoms with Crippen molar-refractivity contribution in [2.24, 2.45) is 0 Å². The Hall–Kier alpha value is -1.09. The lowest BCUT2D eigenvalue weighted by molar-refractivity contribution is 0.282. The minimum Gasteiger partial charge on any atom is -0.451 e. The van der Waals surface area contributed by atoms with E-state index in [1.807, 2.05) is 0 Å². The molecule has 70 valence electrons. The Morgan fingerprint density at radius 3 is 3.15 bits per heavy atom. The second-order valence-corrected chi connectivity index (χ2v) is 3.52. The van der Waals surface area contributed by atoms with E-state index in [0.717, 1.165) is 25.3 Å². The normalized spacial score (nSPS) is 18.7. The second-order valence-electron chi connectivity index (χ2n) is 3.52. The van der Waals surface area contributed by atoms with Gasteiger partial charge in [-0.2, -0.15) is 0 Å². The van der Waals surface area contributed by atoms with Gasteiger partial charge in [-0.3, -0.25) is 4.90 Å². The summed E-state index contributed by atoms with van der Waals surface area (Å²) in [4.78, 5) is 6.47. The molecular weight excluding hydrogens is 164 g/mol. The topological polar surface area (TPSA) is 29.3 Å². The molecule has 0 aliphatic carbocycles. The van der Waals surface area contributed by atoms with Crippen molar-refractivity contribution < 1.29 is 4.42 Å². The molecule has 0 saturated carbocycles. The Balaban J connectivity index is 1.90. The molecule has 0 fully saturated rings. The summed E-state index contributed by atoms with van der Waals surface area (Å²) in [6.45, 7) is 5.27. The molecule has 0 radical (unpaired) electrons. The summed E-state index contributed by atoms with van der Waals surface area (Å²) in [7, 11) is 0. The molecule has 13 heavy (non-hydrogen) atoms. The van der Waals surface area contributed by atoms with Gasteiger partial charge in [-0.15, -0.1) is 0 Å². The summed E-state index contributed by atoms with van der Waals surface area (Å²) < 4.78 is 4.92. The molecule has 0 amide bonds. The fraction of sp³-hybridized carbons (Fsp3) is 0.500. The molecule has 0 bridgehead atoms. The quantitative estimate of drug-likeness (QED) is 0.647. The molecule has 2 heterocycles. The van der Waals surface area contributed by atoms with Crippen LogP contribution in [0, 0.1) is 0 Å². The van der Waals surface area contributed by atoms with Gasteiger partial charge >= 0.3 is 0 Å². The zero-order valence-electron chi connectivity index (χ0n) is 7.86. The average Bonchev–Trinajstić information content (AvgIpc) is 2.62. The average molecular weight is 178 g/mol. The first-order valence-electron chi connectivity index (χ1n) is 4.59. The van der Waals surface area contributed by atoms with Crippen molar-refractivity contribution in [3.63, 3.8) is 0 Å². The summed E-state index contributed by atoms with van der Waals surface area (Å²) in [6, 6.07) is 0. The van der Waals surface area contributed by atoms with Crippen molar-refractivity contribution in [2.75, 3.05) is 13.1 Å². The van der Waals surface area contributed by atoms with Crippen LogP contribution in [0.2, 0.25) is 0 Å². The largest absolute Gasteiger partial charge is 0.451 e. The zero-order chi connectivity index (χ0) is 9.10. The Labute approximate surface area is 78.1 Å². The van der Waals surface area contributed by atoms with Gasteiger partial charge in [0.15, 0.2) is 6.39 Å². The number of aromatic nitrogens is 1. The maximum absolute atomic E-state index is 4.92. The highest BCUT2D eigenvalue weighted by molar-refractivity contribution is 5.04. The van der Waals surface area contributed by atoms with Crippen LogP contribution in [0.3, 0.4) is 0 Å². The number of rotatable bonds is 2. The molecule has 3 nitrogen and oxygen atoms in total. The van der Waals surface area contributed by atoms with Crippen LogP contribution >= 0.6 is 0 Å². The molecule has 0 N–H and O–H groups in total. The smallest absolute Gasteiger partial charge is 0.180 e. The van der Waals surface area contributed by atoms with E-state index in [9.17, 15) is 0 Å². The first kappa shape index (κ1) is 8.51. The van der Waals surface area contributed by atoms with Gasteiger partial charge in [0.05, 0.1) is 5.69 Å². The lowest BCUT2D eigenvalue weighted by Crippen LogP contribution is -2.27. The van der Waals surface area contributed by atoms with Crippen LogP contribution in [0.15, 0.2) is 28.7 Å². The number of oxazole rings is 1. The Morgan fingerprint density at radius 1 is 1.62 bits per heavy atom. The maximum atomic E-state index is 4.92. The third-order valence-electron chi connectivity index (χ3n) is 2.39. The van der Waals surface area contributed by atoms with E-state index in [1.54, 1.807) is 6.26 Å². The predicted molar refractivity (Wildman–Crippen MR) is 50.2 cm³/mol. The zero-order valence-corrected chi connectivity index (χ0v) is 7.86. The summed E-state index contributed by atoms with van der Waals surface area (Å²) in [5.41, 5.74) is 2.52. The van der Waals surface area contributed by atoms with Gasteiger partial charge in [0.1, 0.15) is 6.26 Å². The molecule has 0 spiro atoms. The molecule has 0 aromatic carbocycles. The van der Waals surface area contributed by atoms with Crippen LogP contribution < -0.4 is 0 Å². The second kappa shape index (κ2) is 3.75. The molecular formula is C10H14N2O. The molecule has 0 saturated heterocycles. The van der Waals surface area contributed by atoms with Crippen LogP contribution in [0.1, 0.15) is 19.0 Å². The summed E-state index contributed by atoms with van der Waals surface area (Å²) in [5, 5.41) is 0. The van der Waals surface area contributed by atoms with E-state index in [2.05, 4.69) is 22.9 Å². The molecule has 2 rings (SSSR count). The predicted octanol–water partition coefficient (Wildman–Crippen LogP) is 1.83. The van der Waals surface area contributed by atoms with Gasteiger partial charge in [0.25, 0.3) is 0 Å². The minimum atomic E-state index is 0.903. The third-order valence-corrected chi connectivity index (χ3v) is 2.39. The van der Waals surface area contributed by atoms with E-state index in [1.165, 1.54) is 18.4 Å². The van der Waals surface area contributed by atoms with E-state index < -0.39 is 0 Å². The fourth-order valence-electron chi connectivity index (χ4n) is 1.50. The highest BCUT2D eigenvalue weighted by Crippen LogP contribution is 2.11. The van der Waals surface area contributed by atoms with Gasteiger partial charge in [-0.05, 0) is 13.3 Å². The van der Waals surface area contributed by atoms with Gasteiger partial charge in [-0.25, -0.2) is 4.98 Å². The van der Waals surface area contributed by atoms with Crippen molar-refractivity contribution in [1.82, 2.24) is 9.88 Å². The maximum Gasteiger partial charge on any atom is 0.180 e. The van der Waals surface area contributed by atoms with Crippen molar-refractivity contribution in [1.29, 1.82) is 0 Å². The van der Waals surface area contributed by atoms with Crippen molar-refractivity contribution in [3.8, 4) is 0 Å². The van der Waals surface area contributed by atoms with E-state index in [-0.39, 0.29) is 0 Å². The minimum absolute atomic E-state index is 0.903. The molecule has 0 unspecified atom stereocenters. The number of nitrogens with zero attached hydrogens (tertiary/aromatic N) is 2. The van der Waals surface area contributed by atoms with E-state index >= 15 is 0 Å². The van der Waals surface area contributed by atoms with E-state index in [4.69, 9.17) is 4.42 Å². The molecule has 1 aromatic rings. The lowest BCUT2D eigenvalue weighted by Gasteiger charge is -2.23. The van der Waals surface area contributed by atoms with Gasteiger partial charge < -0.3 is 4.42 Å². The van der Waals surface area contributed by atoms with Crippen molar-refractivity contribution in [2.45, 2.75) is 19.9 Å². The van der Waals surface area contributed by atoms with Gasteiger partial charge in [0, 0.05) is 19.6 Å². The van der Waals surface area contributed by atoms with Crippen molar-refractivity contribution >= 4 is 0 Å². The summed E-state index contributed by atoms with van der Waals surface area (Å²) >= 11 is 0. The molecule has 1 aliphatic heterocycles. The van der Waals surface area contributed by atoms with Crippen LogP contribution in [0.25, 0.3) is 0 Å². The Bertz CT molecular complexity index is 290. The Kier molecular flexibility index (Phi) is 2.45. The van der Waals surface area contributed by atoms with Crippen LogP contribution in [-0.4, -0.2) is 23.0 Å². The molecule has 3 heteroatoms. The highest BCUT2D eigenvalue weighted by Gasteiger charge is 2.10. The summed E-state index contributed by atoms with van der Waals surface area (Å²) in [5.74, 6) is 0. The van der Waals surface area contributed by atoms with Gasteiger partial charge in [-0.1, -0.05) is 11.6 Å². The SMILES string of the molecule is CC1=CCN(Cc2cocn2)CC1. The van der Waals surface area contributed by atoms with E-state index in [0.29, 0.717) is 0 Å². The number of hydrogen-bond donors (Lipinski definition) is 0. The van der Waals surface area contributed by atoms with Crippen LogP contribution in [0.5, 0.6) is 0 Å². The first-order valence-corrected chi connectivity index (χ1v) is 4.59. The van der Waals surface area contributed by atoms with Crippen molar-refractivity contribution in [3.05, 3.63) is 30.0 Å².